The summed E-state index contributed by atoms with van der Waals surface area (Å²) >= 11 is 0. The Hall–Kier alpha value is -2.83. The Morgan fingerprint density at radius 2 is 1.31 bits per heavy atom. The van der Waals surface area contributed by atoms with Crippen molar-refractivity contribution in [3.63, 3.8) is 0 Å². The van der Waals surface area contributed by atoms with Crippen molar-refractivity contribution in [3.05, 3.63) is 97.1 Å². The largest absolute Gasteiger partial charge is 0.496 e. The minimum absolute atomic E-state index is 0.646. The van der Waals surface area contributed by atoms with Crippen molar-refractivity contribution in [1.29, 1.82) is 0 Å². The van der Waals surface area contributed by atoms with Crippen molar-refractivity contribution in [3.8, 4) is 5.75 Å². The molecule has 0 aliphatic rings. The molecule has 0 aliphatic carbocycles. The highest BCUT2D eigenvalue weighted by Crippen LogP contribution is 2.45. The number of hydrogen-bond acceptors (Lipinski definition) is 2. The molecule has 0 saturated heterocycles. The van der Waals surface area contributed by atoms with E-state index in [2.05, 4.69) is 12.1 Å². The number of fused-ring (bicyclic) bond motifs is 1. The maximum atomic E-state index is 14.6. The first-order valence-corrected chi connectivity index (χ1v) is 10.2. The average molecular weight is 358 g/mol. The van der Waals surface area contributed by atoms with Gasteiger partial charge in [-0.2, -0.15) is 0 Å². The van der Waals surface area contributed by atoms with Gasteiger partial charge in [-0.3, -0.25) is 0 Å². The van der Waals surface area contributed by atoms with Gasteiger partial charge in [0.2, 0.25) is 0 Å². The van der Waals surface area contributed by atoms with Gasteiger partial charge in [-0.15, -0.1) is 0 Å². The van der Waals surface area contributed by atoms with E-state index in [-0.39, 0.29) is 0 Å². The predicted octanol–water partition coefficient (Wildman–Crippen LogP) is 4.49. The molecule has 0 amide bonds. The Bertz CT molecular complexity index is 1100. The highest BCUT2D eigenvalue weighted by Gasteiger charge is 2.32. The van der Waals surface area contributed by atoms with Crippen LogP contribution in [0, 0.1) is 0 Å². The number of rotatable bonds is 4. The van der Waals surface area contributed by atoms with Gasteiger partial charge in [0.25, 0.3) is 0 Å². The molecule has 0 aliphatic heterocycles. The van der Waals surface area contributed by atoms with Gasteiger partial charge in [0.15, 0.2) is 7.14 Å². The second kappa shape index (κ2) is 6.82. The van der Waals surface area contributed by atoms with Crippen molar-refractivity contribution in [1.82, 2.24) is 0 Å². The lowest BCUT2D eigenvalue weighted by Crippen LogP contribution is -2.26. The lowest BCUT2D eigenvalue weighted by Gasteiger charge is -2.22. The smallest absolute Gasteiger partial charge is 0.174 e. The van der Waals surface area contributed by atoms with Crippen LogP contribution in [0.4, 0.5) is 0 Å². The van der Waals surface area contributed by atoms with Gasteiger partial charge < -0.3 is 9.30 Å². The van der Waals surface area contributed by atoms with Crippen molar-refractivity contribution in [2.45, 2.75) is 0 Å². The van der Waals surface area contributed by atoms with Crippen LogP contribution in [0.1, 0.15) is 0 Å². The number of hydrogen-bond donors (Lipinski definition) is 0. The van der Waals surface area contributed by atoms with Crippen LogP contribution < -0.4 is 20.7 Å². The molecule has 0 bridgehead atoms. The van der Waals surface area contributed by atoms with Crippen molar-refractivity contribution < 1.29 is 9.30 Å². The second-order valence-corrected chi connectivity index (χ2v) is 8.88. The molecule has 0 N–H and O–H groups in total. The van der Waals surface area contributed by atoms with Gasteiger partial charge in [-0.1, -0.05) is 78.9 Å². The van der Waals surface area contributed by atoms with E-state index in [0.29, 0.717) is 5.75 Å². The van der Waals surface area contributed by atoms with E-state index >= 15 is 0 Å². The monoisotopic (exact) mass is 358 g/mol. The van der Waals surface area contributed by atoms with E-state index in [9.17, 15) is 4.57 Å². The Morgan fingerprint density at radius 3 is 2.08 bits per heavy atom. The molecule has 4 aromatic carbocycles. The normalized spacial score (nSPS) is 13.3. The summed E-state index contributed by atoms with van der Waals surface area (Å²) in [6, 6.07) is 31.4. The third-order valence-electron chi connectivity index (χ3n) is 4.64. The summed E-state index contributed by atoms with van der Waals surface area (Å²) < 4.78 is 20.1. The molecule has 4 rings (SSSR count). The molecule has 128 valence electrons. The van der Waals surface area contributed by atoms with Crippen LogP contribution >= 0.6 is 7.14 Å². The summed E-state index contributed by atoms with van der Waals surface area (Å²) in [6.07, 6.45) is 0. The number of ether oxygens (including phenoxy) is 1. The summed E-state index contributed by atoms with van der Waals surface area (Å²) in [6.45, 7) is 0. The summed E-state index contributed by atoms with van der Waals surface area (Å²) in [5, 5.41) is 4.56. The molecule has 0 spiro atoms. The fourth-order valence-corrected chi connectivity index (χ4v) is 6.15. The lowest BCUT2D eigenvalue weighted by atomic mass is 10.1. The molecule has 1 atom stereocenters. The first-order chi connectivity index (χ1) is 12.7. The molecule has 0 unspecified atom stereocenters. The second-order valence-electron chi connectivity index (χ2n) is 6.15. The fraction of sp³-hybridized carbons (Fsp3) is 0.0435. The Kier molecular flexibility index (Phi) is 4.36. The van der Waals surface area contributed by atoms with Crippen LogP contribution in [-0.2, 0) is 4.57 Å². The van der Waals surface area contributed by atoms with E-state index in [1.54, 1.807) is 7.11 Å². The zero-order chi connectivity index (χ0) is 18.0. The van der Waals surface area contributed by atoms with Gasteiger partial charge in [0, 0.05) is 10.6 Å². The van der Waals surface area contributed by atoms with Crippen LogP contribution in [0.2, 0.25) is 0 Å². The first kappa shape index (κ1) is 16.6. The molecule has 0 aromatic heterocycles. The van der Waals surface area contributed by atoms with Gasteiger partial charge >= 0.3 is 0 Å². The van der Waals surface area contributed by atoms with Crippen molar-refractivity contribution in [2.75, 3.05) is 7.11 Å². The molecule has 26 heavy (non-hydrogen) atoms. The average Bonchev–Trinajstić information content (AvgIpc) is 2.73. The van der Waals surface area contributed by atoms with Crippen LogP contribution in [0.5, 0.6) is 5.75 Å². The molecule has 4 aromatic rings. The summed E-state index contributed by atoms with van der Waals surface area (Å²) in [4.78, 5) is 0. The standard InChI is InChI=1S/C23H19O2P/c1-25-22-13-7-8-14-23(22)26(24,20-11-3-2-4-12-20)21-16-15-18-9-5-6-10-19(18)17-21/h2-17H,1H3/t26-/m0/s1. The summed E-state index contributed by atoms with van der Waals surface area (Å²) in [5.41, 5.74) is 0. The van der Waals surface area contributed by atoms with E-state index in [0.717, 1.165) is 26.7 Å². The van der Waals surface area contributed by atoms with E-state index < -0.39 is 7.14 Å². The van der Waals surface area contributed by atoms with E-state index in [1.807, 2.05) is 84.9 Å². The topological polar surface area (TPSA) is 26.3 Å². The Morgan fingerprint density at radius 1 is 0.654 bits per heavy atom. The van der Waals surface area contributed by atoms with Crippen LogP contribution in [0.15, 0.2) is 97.1 Å². The van der Waals surface area contributed by atoms with E-state index in [1.165, 1.54) is 0 Å². The molecule has 0 radical (unpaired) electrons. The molecule has 0 heterocycles. The lowest BCUT2D eigenvalue weighted by molar-refractivity contribution is 0.418. The first-order valence-electron chi connectivity index (χ1n) is 8.52. The van der Waals surface area contributed by atoms with Gasteiger partial charge in [-0.05, 0) is 29.0 Å². The number of benzene rings is 4. The summed E-state index contributed by atoms with van der Waals surface area (Å²) in [5.74, 6) is 0.646. The molecule has 2 nitrogen and oxygen atoms in total. The van der Waals surface area contributed by atoms with Crippen molar-refractivity contribution >= 4 is 33.8 Å². The van der Waals surface area contributed by atoms with Crippen LogP contribution in [-0.4, -0.2) is 7.11 Å². The molecular formula is C23H19O2P. The number of methoxy groups -OCH3 is 1. The van der Waals surface area contributed by atoms with Crippen LogP contribution in [0.25, 0.3) is 10.8 Å². The SMILES string of the molecule is COc1ccccc1[P@](=O)(c1ccccc1)c1ccc2ccccc2c1. The Labute approximate surface area is 153 Å². The molecule has 0 saturated carbocycles. The van der Waals surface area contributed by atoms with Gasteiger partial charge in [0.1, 0.15) is 5.75 Å². The predicted molar refractivity (Wildman–Crippen MR) is 110 cm³/mol. The third-order valence-corrected chi connectivity index (χ3v) is 7.72. The molecular weight excluding hydrogens is 339 g/mol. The zero-order valence-electron chi connectivity index (χ0n) is 14.5. The third kappa shape index (κ3) is 2.73. The quantitative estimate of drug-likeness (QED) is 0.503. The van der Waals surface area contributed by atoms with Gasteiger partial charge in [-0.25, -0.2) is 0 Å². The highest BCUT2D eigenvalue weighted by molar-refractivity contribution is 7.85. The maximum absolute atomic E-state index is 14.6. The van der Waals surface area contributed by atoms with Crippen LogP contribution in [0.3, 0.4) is 0 Å². The molecule has 3 heteroatoms. The maximum Gasteiger partial charge on any atom is 0.174 e. The fourth-order valence-electron chi connectivity index (χ4n) is 3.33. The number of para-hydroxylation sites is 1. The minimum Gasteiger partial charge on any atom is -0.496 e. The minimum atomic E-state index is -3.06. The zero-order valence-corrected chi connectivity index (χ0v) is 15.4. The molecule has 0 fully saturated rings. The Balaban J connectivity index is 2.04. The summed E-state index contributed by atoms with van der Waals surface area (Å²) in [7, 11) is -1.44. The van der Waals surface area contributed by atoms with Gasteiger partial charge in [0.05, 0.1) is 12.4 Å². The van der Waals surface area contributed by atoms with Crippen molar-refractivity contribution in [2.24, 2.45) is 0 Å². The highest BCUT2D eigenvalue weighted by atomic mass is 31.2. The van der Waals surface area contributed by atoms with E-state index in [4.69, 9.17) is 4.74 Å².